The summed E-state index contributed by atoms with van der Waals surface area (Å²) in [5, 5.41) is 36.0. The molecule has 0 bridgehead atoms. The maximum absolute atomic E-state index is 12.8. The van der Waals surface area contributed by atoms with Crippen LogP contribution >= 0.6 is 0 Å². The SMILES string of the molecule is C=CCO[C@]1(C(=O)OC)C[C@@H](O)[C@@H](O)[C@@H]([C@@H](CO)O[C@H]2OC[C@H](N=[N+]=[N-])[C@H](OCc3ccccc3)[C@H]2OCc2ccccc2)O1. The van der Waals surface area contributed by atoms with Gasteiger partial charge in [0.05, 0.1) is 58.4 Å². The Labute approximate surface area is 260 Å². The number of hydrogen-bond donors (Lipinski definition) is 3. The van der Waals surface area contributed by atoms with Crippen LogP contribution in [0.15, 0.2) is 78.4 Å². The minimum absolute atomic E-state index is 0.106. The number of aliphatic hydroxyl groups excluding tert-OH is 3. The Morgan fingerprint density at radius 3 is 2.29 bits per heavy atom. The van der Waals surface area contributed by atoms with Crippen LogP contribution < -0.4 is 0 Å². The topological polar surface area (TPSA) is 191 Å². The number of methoxy groups -OCH3 is 1. The Morgan fingerprint density at radius 1 is 1.11 bits per heavy atom. The molecule has 3 N–H and O–H groups in total. The van der Waals surface area contributed by atoms with Crippen LogP contribution in [0, 0.1) is 0 Å². The molecule has 14 nitrogen and oxygen atoms in total. The van der Waals surface area contributed by atoms with E-state index in [1.807, 2.05) is 60.7 Å². The van der Waals surface area contributed by atoms with Crippen molar-refractivity contribution in [1.29, 1.82) is 0 Å². The number of azide groups is 1. The highest BCUT2D eigenvalue weighted by Crippen LogP contribution is 2.36. The van der Waals surface area contributed by atoms with E-state index in [-0.39, 0.29) is 26.4 Å². The molecule has 2 aromatic carbocycles. The van der Waals surface area contributed by atoms with E-state index in [2.05, 4.69) is 16.6 Å². The summed E-state index contributed by atoms with van der Waals surface area (Å²) in [5.74, 6) is -3.07. The Kier molecular flexibility index (Phi) is 12.9. The number of hydrogen-bond acceptors (Lipinski definition) is 12. The van der Waals surface area contributed by atoms with Crippen molar-refractivity contribution >= 4 is 5.97 Å². The summed E-state index contributed by atoms with van der Waals surface area (Å²) in [4.78, 5) is 15.8. The van der Waals surface area contributed by atoms with Crippen LogP contribution in [0.2, 0.25) is 0 Å². The summed E-state index contributed by atoms with van der Waals surface area (Å²) in [6.07, 6.45) is -8.16. The molecule has 0 spiro atoms. The molecule has 2 fully saturated rings. The van der Waals surface area contributed by atoms with E-state index in [1.54, 1.807) is 0 Å². The quantitative estimate of drug-likeness (QED) is 0.0860. The lowest BCUT2D eigenvalue weighted by atomic mass is 9.92. The van der Waals surface area contributed by atoms with Gasteiger partial charge < -0.3 is 48.5 Å². The Balaban J connectivity index is 1.62. The molecule has 0 radical (unpaired) electrons. The maximum atomic E-state index is 12.8. The zero-order valence-electron chi connectivity index (χ0n) is 24.9. The number of carbonyl (C=O) groups is 1. The summed E-state index contributed by atoms with van der Waals surface area (Å²) in [5.41, 5.74) is 11.0. The fraction of sp³-hybridized carbons (Fsp3) is 0.516. The molecule has 2 heterocycles. The van der Waals surface area contributed by atoms with Crippen LogP contribution in [-0.4, -0.2) is 103 Å². The molecule has 2 aliphatic rings. The maximum Gasteiger partial charge on any atom is 0.366 e. The standard InChI is InChI=1S/C31H39N3O11/c1-3-14-43-31(30(38)39-2)15-23(36)25(37)27(45-31)24(16-35)44-29-28(41-18-21-12-8-5-9-13-21)26(22(19-42-29)33-34-32)40-17-20-10-6-4-7-11-20/h3-13,22-29,35-37H,1,14-19H2,2H3/t22-,23+,24+,25+,26-,27+,28+,29+,31+/m0/s1. The zero-order valence-corrected chi connectivity index (χ0v) is 24.9. The number of benzene rings is 2. The second-order valence-corrected chi connectivity index (χ2v) is 10.5. The van der Waals surface area contributed by atoms with Gasteiger partial charge in [-0.15, -0.1) is 6.58 Å². The molecule has 2 aromatic rings. The van der Waals surface area contributed by atoms with E-state index < -0.39 is 73.7 Å². The third-order valence-electron chi connectivity index (χ3n) is 7.49. The predicted octanol–water partition coefficient (Wildman–Crippen LogP) is 2.15. The molecule has 0 aliphatic carbocycles. The summed E-state index contributed by atoms with van der Waals surface area (Å²) >= 11 is 0. The first-order valence-corrected chi connectivity index (χ1v) is 14.5. The van der Waals surface area contributed by atoms with Gasteiger partial charge in [-0.05, 0) is 16.7 Å². The summed E-state index contributed by atoms with van der Waals surface area (Å²) in [7, 11) is 1.12. The average Bonchev–Trinajstić information content (AvgIpc) is 3.07. The largest absolute Gasteiger partial charge is 0.465 e. The van der Waals surface area contributed by atoms with Gasteiger partial charge in [-0.1, -0.05) is 71.9 Å². The van der Waals surface area contributed by atoms with Crippen molar-refractivity contribution in [3.05, 3.63) is 94.9 Å². The number of aliphatic hydroxyl groups is 3. The van der Waals surface area contributed by atoms with Crippen LogP contribution in [-0.2, 0) is 51.2 Å². The molecule has 0 unspecified atom stereocenters. The van der Waals surface area contributed by atoms with Crippen molar-refractivity contribution in [1.82, 2.24) is 0 Å². The fourth-order valence-corrected chi connectivity index (χ4v) is 5.23. The molecular formula is C31H39N3O11. The zero-order chi connectivity index (χ0) is 32.2. The Hall–Kier alpha value is -3.40. The molecule has 0 amide bonds. The van der Waals surface area contributed by atoms with Crippen molar-refractivity contribution < 1.29 is 53.3 Å². The highest BCUT2D eigenvalue weighted by Gasteiger charge is 2.56. The number of ether oxygens (including phenoxy) is 7. The van der Waals surface area contributed by atoms with Gasteiger partial charge >= 0.3 is 5.97 Å². The van der Waals surface area contributed by atoms with Crippen molar-refractivity contribution in [3.63, 3.8) is 0 Å². The van der Waals surface area contributed by atoms with Gasteiger partial charge in [0.2, 0.25) is 0 Å². The Bertz CT molecular complexity index is 1270. The van der Waals surface area contributed by atoms with Crippen LogP contribution in [0.3, 0.4) is 0 Å². The molecule has 0 aromatic heterocycles. The summed E-state index contributed by atoms with van der Waals surface area (Å²) in [6, 6.07) is 17.9. The second kappa shape index (κ2) is 16.8. The lowest BCUT2D eigenvalue weighted by molar-refractivity contribution is -0.346. The minimum atomic E-state index is -2.12. The molecule has 4 rings (SSSR count). The number of rotatable bonds is 15. The molecular weight excluding hydrogens is 590 g/mol. The third kappa shape index (κ3) is 8.66. The van der Waals surface area contributed by atoms with Gasteiger partial charge in [-0.25, -0.2) is 4.79 Å². The number of nitrogens with zero attached hydrogens (tertiary/aromatic N) is 3. The summed E-state index contributed by atoms with van der Waals surface area (Å²) in [6.45, 7) is 2.84. The smallest absolute Gasteiger partial charge is 0.366 e. The van der Waals surface area contributed by atoms with Crippen molar-refractivity contribution in [2.24, 2.45) is 5.11 Å². The highest BCUT2D eigenvalue weighted by atomic mass is 16.8. The molecule has 2 saturated heterocycles. The van der Waals surface area contributed by atoms with Crippen LogP contribution in [0.4, 0.5) is 0 Å². The van der Waals surface area contributed by atoms with E-state index in [4.69, 9.17) is 33.2 Å². The van der Waals surface area contributed by atoms with Crippen LogP contribution in [0.5, 0.6) is 0 Å². The van der Waals surface area contributed by atoms with Gasteiger partial charge in [-0.2, -0.15) is 0 Å². The van der Waals surface area contributed by atoms with Crippen molar-refractivity contribution in [3.8, 4) is 0 Å². The van der Waals surface area contributed by atoms with Gasteiger partial charge in [0.25, 0.3) is 5.79 Å². The van der Waals surface area contributed by atoms with Crippen LogP contribution in [0.1, 0.15) is 17.5 Å². The molecule has 0 saturated carbocycles. The van der Waals surface area contributed by atoms with E-state index >= 15 is 0 Å². The van der Waals surface area contributed by atoms with E-state index in [0.29, 0.717) is 0 Å². The monoisotopic (exact) mass is 629 g/mol. The minimum Gasteiger partial charge on any atom is -0.465 e. The van der Waals surface area contributed by atoms with E-state index in [9.17, 15) is 25.6 Å². The molecule has 244 valence electrons. The lowest BCUT2D eigenvalue weighted by Crippen LogP contribution is -2.64. The first kappa shape index (κ1) is 34.5. The molecule has 9 atom stereocenters. The average molecular weight is 630 g/mol. The first-order chi connectivity index (χ1) is 21.9. The molecule has 14 heteroatoms. The highest BCUT2D eigenvalue weighted by molar-refractivity contribution is 5.78. The van der Waals surface area contributed by atoms with Crippen molar-refractivity contribution in [2.45, 2.75) is 74.4 Å². The van der Waals surface area contributed by atoms with Crippen LogP contribution in [0.25, 0.3) is 10.4 Å². The molecule has 45 heavy (non-hydrogen) atoms. The van der Waals surface area contributed by atoms with Gasteiger partial charge in [-0.3, -0.25) is 0 Å². The van der Waals surface area contributed by atoms with Gasteiger partial charge in [0.1, 0.15) is 24.4 Å². The van der Waals surface area contributed by atoms with Gasteiger partial charge in [0, 0.05) is 11.3 Å². The fourth-order valence-electron chi connectivity index (χ4n) is 5.23. The summed E-state index contributed by atoms with van der Waals surface area (Å²) < 4.78 is 41.1. The van der Waals surface area contributed by atoms with Gasteiger partial charge in [0.15, 0.2) is 6.29 Å². The third-order valence-corrected chi connectivity index (χ3v) is 7.49. The normalized spacial score (nSPS) is 30.5. The van der Waals surface area contributed by atoms with Crippen molar-refractivity contribution in [2.75, 3.05) is 26.9 Å². The second-order valence-electron chi connectivity index (χ2n) is 10.5. The number of carbonyl (C=O) groups excluding carboxylic acids is 1. The van der Waals surface area contributed by atoms with E-state index in [0.717, 1.165) is 18.2 Å². The Morgan fingerprint density at radius 2 is 1.73 bits per heavy atom. The lowest BCUT2D eigenvalue weighted by Gasteiger charge is -2.47. The van der Waals surface area contributed by atoms with E-state index in [1.165, 1.54) is 6.08 Å². The first-order valence-electron chi connectivity index (χ1n) is 14.5. The number of esters is 1. The molecule has 2 aliphatic heterocycles. The predicted molar refractivity (Wildman–Crippen MR) is 157 cm³/mol.